The molecule has 0 aliphatic rings. The maximum absolute atomic E-state index is 12.3. The summed E-state index contributed by atoms with van der Waals surface area (Å²) >= 11 is 0. The number of hydrogen-bond acceptors (Lipinski definition) is 4. The molecule has 0 radical (unpaired) electrons. The number of rotatable bonds is 5. The zero-order valence-electron chi connectivity index (χ0n) is 11.9. The molecule has 0 bridgehead atoms. The number of anilines is 1. The van der Waals surface area contributed by atoms with Gasteiger partial charge in [-0.2, -0.15) is 0 Å². The third kappa shape index (κ3) is 3.92. The molecule has 2 heterocycles. The molecule has 2 amide bonds. The lowest BCUT2D eigenvalue weighted by atomic mass is 10.0. The van der Waals surface area contributed by atoms with Gasteiger partial charge in [0, 0.05) is 6.20 Å². The van der Waals surface area contributed by atoms with Crippen LogP contribution < -0.4 is 10.6 Å². The Balaban J connectivity index is 2.05. The molecular weight excluding hydrogens is 270 g/mol. The van der Waals surface area contributed by atoms with Gasteiger partial charge in [0.25, 0.3) is 5.91 Å². The molecule has 0 unspecified atom stereocenters. The van der Waals surface area contributed by atoms with Crippen molar-refractivity contribution in [2.75, 3.05) is 5.32 Å². The Hall–Kier alpha value is -2.63. The van der Waals surface area contributed by atoms with Crippen molar-refractivity contribution in [2.45, 2.75) is 19.9 Å². The first-order valence-electron chi connectivity index (χ1n) is 6.63. The lowest BCUT2D eigenvalue weighted by Crippen LogP contribution is -2.47. The van der Waals surface area contributed by atoms with E-state index in [9.17, 15) is 9.59 Å². The Bertz CT molecular complexity index is 594. The molecule has 2 N–H and O–H groups in total. The monoisotopic (exact) mass is 287 g/mol. The van der Waals surface area contributed by atoms with Crippen molar-refractivity contribution in [1.29, 1.82) is 0 Å². The number of carbonyl (C=O) groups excluding carboxylic acids is 2. The van der Waals surface area contributed by atoms with E-state index in [0.29, 0.717) is 5.69 Å². The summed E-state index contributed by atoms with van der Waals surface area (Å²) < 4.78 is 5.02. The maximum atomic E-state index is 12.3. The lowest BCUT2D eigenvalue weighted by Gasteiger charge is -2.21. The van der Waals surface area contributed by atoms with E-state index in [2.05, 4.69) is 15.6 Å². The molecule has 0 aromatic carbocycles. The fourth-order valence-corrected chi connectivity index (χ4v) is 1.81. The van der Waals surface area contributed by atoms with Crippen LogP contribution in [0.25, 0.3) is 0 Å². The Morgan fingerprint density at radius 1 is 1.24 bits per heavy atom. The minimum Gasteiger partial charge on any atom is -0.459 e. The van der Waals surface area contributed by atoms with Gasteiger partial charge in [-0.05, 0) is 30.2 Å². The molecule has 1 atom stereocenters. The number of nitrogens with zero attached hydrogens (tertiary/aromatic N) is 1. The van der Waals surface area contributed by atoms with Crippen molar-refractivity contribution in [3.05, 3.63) is 48.7 Å². The second-order valence-electron chi connectivity index (χ2n) is 4.90. The van der Waals surface area contributed by atoms with Crippen LogP contribution in [0.5, 0.6) is 0 Å². The van der Waals surface area contributed by atoms with Crippen LogP contribution in [0.1, 0.15) is 24.4 Å². The molecule has 0 aliphatic heterocycles. The molecule has 0 aliphatic carbocycles. The average Bonchev–Trinajstić information content (AvgIpc) is 2.99. The van der Waals surface area contributed by atoms with Gasteiger partial charge in [0.1, 0.15) is 6.04 Å². The number of carbonyl (C=O) groups is 2. The third-order valence-corrected chi connectivity index (χ3v) is 2.91. The number of hydrogen-bond donors (Lipinski definition) is 2. The van der Waals surface area contributed by atoms with Gasteiger partial charge in [-0.25, -0.2) is 0 Å². The highest BCUT2D eigenvalue weighted by Crippen LogP contribution is 2.09. The van der Waals surface area contributed by atoms with Gasteiger partial charge in [-0.3, -0.25) is 14.6 Å². The standard InChI is InChI=1S/C15H17N3O3/c1-10(2)13(18-14(19)12-6-4-8-21-12)15(20)17-11-5-3-7-16-9-11/h3-10,13H,1-2H3,(H,17,20)(H,18,19)/t13-/m1/s1. The molecule has 2 aromatic heterocycles. The van der Waals surface area contributed by atoms with Crippen molar-refractivity contribution in [2.24, 2.45) is 5.92 Å². The Kier molecular flexibility index (Phi) is 4.71. The van der Waals surface area contributed by atoms with E-state index < -0.39 is 11.9 Å². The van der Waals surface area contributed by atoms with Gasteiger partial charge >= 0.3 is 0 Å². The van der Waals surface area contributed by atoms with Gasteiger partial charge in [0.05, 0.1) is 18.1 Å². The topological polar surface area (TPSA) is 84.2 Å². The Morgan fingerprint density at radius 3 is 2.62 bits per heavy atom. The van der Waals surface area contributed by atoms with E-state index in [1.807, 2.05) is 13.8 Å². The average molecular weight is 287 g/mol. The van der Waals surface area contributed by atoms with Crippen molar-refractivity contribution in [1.82, 2.24) is 10.3 Å². The molecule has 0 saturated heterocycles. The minimum absolute atomic E-state index is 0.0689. The zero-order valence-corrected chi connectivity index (χ0v) is 11.9. The van der Waals surface area contributed by atoms with Crippen LogP contribution in [0, 0.1) is 5.92 Å². The summed E-state index contributed by atoms with van der Waals surface area (Å²) in [5, 5.41) is 5.40. The van der Waals surface area contributed by atoms with Crippen molar-refractivity contribution in [3.8, 4) is 0 Å². The van der Waals surface area contributed by atoms with E-state index in [1.165, 1.54) is 6.26 Å². The third-order valence-electron chi connectivity index (χ3n) is 2.91. The summed E-state index contributed by atoms with van der Waals surface area (Å²) in [6, 6.07) is 5.96. The van der Waals surface area contributed by atoms with Gasteiger partial charge in [-0.1, -0.05) is 13.8 Å². The highest BCUT2D eigenvalue weighted by molar-refractivity contribution is 6.00. The van der Waals surface area contributed by atoms with E-state index in [4.69, 9.17) is 4.42 Å². The predicted molar refractivity (Wildman–Crippen MR) is 77.7 cm³/mol. The molecular formula is C15H17N3O3. The van der Waals surface area contributed by atoms with Crippen LogP contribution in [0.2, 0.25) is 0 Å². The van der Waals surface area contributed by atoms with Gasteiger partial charge in [0.2, 0.25) is 5.91 Å². The van der Waals surface area contributed by atoms with Crippen LogP contribution in [0.4, 0.5) is 5.69 Å². The van der Waals surface area contributed by atoms with Gasteiger partial charge in [-0.15, -0.1) is 0 Å². The first-order valence-corrected chi connectivity index (χ1v) is 6.63. The molecule has 0 spiro atoms. The second-order valence-corrected chi connectivity index (χ2v) is 4.90. The molecule has 2 aromatic rings. The summed E-state index contributed by atoms with van der Waals surface area (Å²) in [5.74, 6) is -0.603. The van der Waals surface area contributed by atoms with E-state index in [0.717, 1.165) is 0 Å². The molecule has 110 valence electrons. The van der Waals surface area contributed by atoms with Crippen LogP contribution >= 0.6 is 0 Å². The summed E-state index contributed by atoms with van der Waals surface area (Å²) in [5.41, 5.74) is 0.584. The van der Waals surface area contributed by atoms with E-state index in [-0.39, 0.29) is 17.6 Å². The number of amides is 2. The number of furan rings is 1. The largest absolute Gasteiger partial charge is 0.459 e. The summed E-state index contributed by atoms with van der Waals surface area (Å²) in [6.45, 7) is 3.71. The quantitative estimate of drug-likeness (QED) is 0.881. The van der Waals surface area contributed by atoms with Crippen molar-refractivity contribution < 1.29 is 14.0 Å². The summed E-state index contributed by atoms with van der Waals surface area (Å²) in [6.07, 6.45) is 4.58. The van der Waals surface area contributed by atoms with Crippen LogP contribution in [0.15, 0.2) is 47.3 Å². The summed E-state index contributed by atoms with van der Waals surface area (Å²) in [4.78, 5) is 28.2. The van der Waals surface area contributed by atoms with Gasteiger partial charge < -0.3 is 15.1 Å². The highest BCUT2D eigenvalue weighted by atomic mass is 16.3. The fraction of sp³-hybridized carbons (Fsp3) is 0.267. The normalized spacial score (nSPS) is 12.0. The number of aromatic nitrogens is 1. The molecule has 0 saturated carbocycles. The first-order chi connectivity index (χ1) is 10.1. The first kappa shape index (κ1) is 14.8. The highest BCUT2D eigenvalue weighted by Gasteiger charge is 2.25. The van der Waals surface area contributed by atoms with Crippen molar-refractivity contribution >= 4 is 17.5 Å². The van der Waals surface area contributed by atoms with Crippen LogP contribution in [-0.2, 0) is 4.79 Å². The van der Waals surface area contributed by atoms with Crippen molar-refractivity contribution in [3.63, 3.8) is 0 Å². The van der Waals surface area contributed by atoms with E-state index in [1.54, 1.807) is 36.7 Å². The molecule has 0 fully saturated rings. The minimum atomic E-state index is -0.664. The van der Waals surface area contributed by atoms with Gasteiger partial charge in [0.15, 0.2) is 5.76 Å². The Morgan fingerprint density at radius 2 is 2.05 bits per heavy atom. The smallest absolute Gasteiger partial charge is 0.287 e. The van der Waals surface area contributed by atoms with Crippen LogP contribution in [-0.4, -0.2) is 22.8 Å². The molecule has 2 rings (SSSR count). The summed E-state index contributed by atoms with van der Waals surface area (Å²) in [7, 11) is 0. The fourth-order valence-electron chi connectivity index (χ4n) is 1.81. The van der Waals surface area contributed by atoms with Crippen LogP contribution in [0.3, 0.4) is 0 Å². The lowest BCUT2D eigenvalue weighted by molar-refractivity contribution is -0.118. The number of pyridine rings is 1. The van der Waals surface area contributed by atoms with E-state index >= 15 is 0 Å². The second kappa shape index (κ2) is 6.69. The maximum Gasteiger partial charge on any atom is 0.287 e. The number of nitrogens with one attached hydrogen (secondary N) is 2. The zero-order chi connectivity index (χ0) is 15.2. The molecule has 6 nitrogen and oxygen atoms in total. The predicted octanol–water partition coefficient (Wildman–Crippen LogP) is 2.07. The Labute approximate surface area is 122 Å². The SMILES string of the molecule is CC(C)[C@@H](NC(=O)c1ccco1)C(=O)Nc1cccnc1. The molecule has 6 heteroatoms. The molecule has 21 heavy (non-hydrogen) atoms.